The minimum atomic E-state index is -2.01. The van der Waals surface area contributed by atoms with E-state index in [2.05, 4.69) is 36.4 Å². The Kier molecular flexibility index (Phi) is 9.10. The number of aromatic nitrogens is 3. The van der Waals surface area contributed by atoms with Gasteiger partial charge in [-0.25, -0.2) is 4.98 Å². The molecule has 0 bridgehead atoms. The van der Waals surface area contributed by atoms with Crippen LogP contribution in [0.1, 0.15) is 33.1 Å². The van der Waals surface area contributed by atoms with Gasteiger partial charge in [-0.2, -0.15) is 0 Å². The molecule has 4 rings (SSSR count). The maximum Gasteiger partial charge on any atom is 0.280 e. The van der Waals surface area contributed by atoms with Crippen LogP contribution in [-0.4, -0.2) is 89.0 Å². The number of benzene rings is 1. The molecular formula is C24H24B3N7O5S. The average molecular weight is 555 g/mol. The Labute approximate surface area is 238 Å². The van der Waals surface area contributed by atoms with Gasteiger partial charge in [-0.3, -0.25) is 14.4 Å². The van der Waals surface area contributed by atoms with Gasteiger partial charge in [-0.1, -0.05) is 11.3 Å². The summed E-state index contributed by atoms with van der Waals surface area (Å²) >= 11 is 1.18. The van der Waals surface area contributed by atoms with E-state index in [9.17, 15) is 14.4 Å². The van der Waals surface area contributed by atoms with Crippen molar-refractivity contribution in [2.24, 2.45) is 5.92 Å². The average Bonchev–Trinajstić information content (AvgIpc) is 3.64. The summed E-state index contributed by atoms with van der Waals surface area (Å²) in [4.78, 5) is 42.0. The van der Waals surface area contributed by atoms with Crippen molar-refractivity contribution in [3.05, 3.63) is 40.3 Å². The third-order valence-electron chi connectivity index (χ3n) is 5.59. The number of anilines is 3. The number of hydrogen-bond donors (Lipinski definition) is 4. The van der Waals surface area contributed by atoms with Crippen LogP contribution in [0.2, 0.25) is 0 Å². The van der Waals surface area contributed by atoms with E-state index in [0.717, 1.165) is 12.8 Å². The molecule has 0 spiro atoms. The Hall–Kier alpha value is -3.91. The van der Waals surface area contributed by atoms with Gasteiger partial charge in [0.15, 0.2) is 22.3 Å². The van der Waals surface area contributed by atoms with Crippen molar-refractivity contribution >= 4 is 69.8 Å². The van der Waals surface area contributed by atoms with Crippen LogP contribution in [0.15, 0.2) is 29.6 Å². The monoisotopic (exact) mass is 555 g/mol. The summed E-state index contributed by atoms with van der Waals surface area (Å²) in [7, 11) is 19.6. The molecule has 6 radical (unpaired) electrons. The van der Waals surface area contributed by atoms with Gasteiger partial charge in [0.1, 0.15) is 0 Å². The smallest absolute Gasteiger partial charge is 0.280 e. The molecule has 1 saturated carbocycles. The minimum Gasteiger partial charge on any atom is -0.494 e. The van der Waals surface area contributed by atoms with Gasteiger partial charge >= 0.3 is 0 Å². The molecule has 0 aliphatic heterocycles. The maximum absolute atomic E-state index is 12.9. The van der Waals surface area contributed by atoms with Gasteiger partial charge in [-0.15, -0.1) is 21.5 Å². The first kappa shape index (κ1) is 29.1. The third-order valence-corrected chi connectivity index (χ3v) is 6.43. The van der Waals surface area contributed by atoms with Gasteiger partial charge in [0.25, 0.3) is 11.8 Å². The number of amides is 3. The van der Waals surface area contributed by atoms with Crippen LogP contribution in [0.5, 0.6) is 5.75 Å². The van der Waals surface area contributed by atoms with Crippen LogP contribution in [0.25, 0.3) is 11.3 Å². The molecule has 1 aliphatic rings. The van der Waals surface area contributed by atoms with E-state index in [0.29, 0.717) is 35.8 Å². The van der Waals surface area contributed by atoms with Crippen molar-refractivity contribution < 1.29 is 23.9 Å². The lowest BCUT2D eigenvalue weighted by molar-refractivity contribution is -0.117. The van der Waals surface area contributed by atoms with E-state index in [-0.39, 0.29) is 39.9 Å². The number of hydrogen-bond acceptors (Lipinski definition) is 10. The van der Waals surface area contributed by atoms with Crippen LogP contribution in [0, 0.1) is 5.92 Å². The zero-order chi connectivity index (χ0) is 28.9. The van der Waals surface area contributed by atoms with E-state index in [1.807, 2.05) is 0 Å². The lowest BCUT2D eigenvalue weighted by Crippen LogP contribution is -2.50. The van der Waals surface area contributed by atoms with Crippen molar-refractivity contribution in [2.75, 3.05) is 38.0 Å². The summed E-state index contributed by atoms with van der Waals surface area (Å²) in [5.74, 6) is -0.883. The summed E-state index contributed by atoms with van der Waals surface area (Å²) in [6, 6.07) is 6.67. The Morgan fingerprint density at radius 2 is 1.88 bits per heavy atom. The predicted octanol–water partition coefficient (Wildman–Crippen LogP) is 0.924. The number of methoxy groups -OCH3 is 2. The van der Waals surface area contributed by atoms with E-state index in [4.69, 9.17) is 33.0 Å². The molecule has 2 aromatic heterocycles. The molecule has 12 nitrogen and oxygen atoms in total. The molecule has 0 unspecified atom stereocenters. The highest BCUT2D eigenvalue weighted by Gasteiger charge is 2.30. The zero-order valence-corrected chi connectivity index (χ0v) is 22.6. The molecule has 200 valence electrons. The molecule has 1 aromatic carbocycles. The zero-order valence-electron chi connectivity index (χ0n) is 21.8. The highest BCUT2D eigenvalue weighted by atomic mass is 32.1. The van der Waals surface area contributed by atoms with E-state index in [1.165, 1.54) is 24.5 Å². The van der Waals surface area contributed by atoms with E-state index in [1.54, 1.807) is 30.7 Å². The van der Waals surface area contributed by atoms with Crippen molar-refractivity contribution in [3.63, 3.8) is 0 Å². The number of thiazole rings is 1. The van der Waals surface area contributed by atoms with Gasteiger partial charge in [0.2, 0.25) is 5.91 Å². The second-order valence-corrected chi connectivity index (χ2v) is 9.80. The van der Waals surface area contributed by atoms with Crippen LogP contribution in [0.4, 0.5) is 17.2 Å². The molecular weight excluding hydrogens is 531 g/mol. The lowest BCUT2D eigenvalue weighted by Gasteiger charge is -2.23. The first-order chi connectivity index (χ1) is 19.1. The number of carbonyl (C=O) groups excluding carboxylic acids is 3. The summed E-state index contributed by atoms with van der Waals surface area (Å²) in [6.45, 7) is 0.732. The van der Waals surface area contributed by atoms with Crippen LogP contribution in [0.3, 0.4) is 0 Å². The highest BCUT2D eigenvalue weighted by Crippen LogP contribution is 2.39. The van der Waals surface area contributed by atoms with E-state index < -0.39 is 11.1 Å². The quantitative estimate of drug-likeness (QED) is 0.189. The Morgan fingerprint density at radius 1 is 1.10 bits per heavy atom. The first-order valence-corrected chi connectivity index (χ1v) is 13.0. The summed E-state index contributed by atoms with van der Waals surface area (Å²) < 4.78 is 10.6. The molecule has 0 atom stereocenters. The van der Waals surface area contributed by atoms with Crippen molar-refractivity contribution in [3.8, 4) is 17.0 Å². The normalized spacial score (nSPS) is 12.8. The van der Waals surface area contributed by atoms with Crippen molar-refractivity contribution in [1.29, 1.82) is 0 Å². The van der Waals surface area contributed by atoms with Crippen LogP contribution in [-0.2, 0) is 9.53 Å². The fraction of sp³-hybridized carbons (Fsp3) is 0.333. The fourth-order valence-electron chi connectivity index (χ4n) is 3.59. The number of carbonyl (C=O) groups is 3. The fourth-order valence-corrected chi connectivity index (χ4v) is 4.32. The first-order valence-electron chi connectivity index (χ1n) is 12.1. The van der Waals surface area contributed by atoms with E-state index >= 15 is 0 Å². The third kappa shape index (κ3) is 7.39. The molecule has 3 aromatic rings. The summed E-state index contributed by atoms with van der Waals surface area (Å²) in [6.07, 6.45) is 1.60. The molecule has 0 saturated heterocycles. The summed E-state index contributed by atoms with van der Waals surface area (Å²) in [5.41, 5.74) is 1.49. The second-order valence-electron chi connectivity index (χ2n) is 8.94. The second kappa shape index (κ2) is 12.5. The molecule has 16 heteroatoms. The molecule has 3 amide bonds. The highest BCUT2D eigenvalue weighted by molar-refractivity contribution is 7.12. The Morgan fingerprint density at radius 3 is 2.55 bits per heavy atom. The van der Waals surface area contributed by atoms with Crippen molar-refractivity contribution in [1.82, 2.24) is 25.8 Å². The Balaban J connectivity index is 1.66. The minimum absolute atomic E-state index is 0.0737. The Bertz CT molecular complexity index is 1410. The number of nitrogens with zero attached hydrogens (tertiary/aromatic N) is 3. The predicted molar refractivity (Wildman–Crippen MR) is 152 cm³/mol. The standard InChI is InChI=1S/C24H24B3N7O5S/c1-38-9-8-28-22(37)23-30-16(11-40-23)13-4-3-5-14(19(13)39-2)29-15-10-17(31-20(35)12-6-7-12)33-34-18(15)21(36)32-24(25,26)27/h3-5,10-12H,6-9H2,1-2H3,(H,28,37)(H,32,36)(H2,29,31,33,35). The number of rotatable bonds is 12. The molecule has 1 fully saturated rings. The summed E-state index contributed by atoms with van der Waals surface area (Å²) in [5, 5.41) is 18.7. The van der Waals surface area contributed by atoms with Crippen LogP contribution >= 0.6 is 11.3 Å². The number of nitrogens with one attached hydrogen (secondary N) is 4. The molecule has 40 heavy (non-hydrogen) atoms. The molecule has 2 heterocycles. The van der Waals surface area contributed by atoms with Gasteiger partial charge in [-0.05, 0) is 25.0 Å². The largest absolute Gasteiger partial charge is 0.494 e. The number of ether oxygens (including phenoxy) is 2. The molecule has 1 aliphatic carbocycles. The lowest BCUT2D eigenvalue weighted by atomic mass is 9.49. The SMILES string of the molecule is [B]C([B])([B])NC(=O)c1nnc(NC(=O)C2CC2)cc1Nc1cccc(-c2csc(C(=O)NCCOC)n2)c1OC. The van der Waals surface area contributed by atoms with Crippen LogP contribution < -0.4 is 26.0 Å². The molecule has 4 N–H and O–H groups in total. The number of para-hydroxylation sites is 1. The maximum atomic E-state index is 12.9. The van der Waals surface area contributed by atoms with Gasteiger partial charge in [0, 0.05) is 36.6 Å². The van der Waals surface area contributed by atoms with Gasteiger partial charge in [0.05, 0.1) is 54.3 Å². The van der Waals surface area contributed by atoms with Gasteiger partial charge < -0.3 is 30.7 Å². The van der Waals surface area contributed by atoms with Crippen molar-refractivity contribution in [2.45, 2.75) is 18.1 Å². The topological polar surface area (TPSA) is 156 Å².